The molecule has 1 aromatic carbocycles. The molecule has 0 fully saturated rings. The molecule has 0 radical (unpaired) electrons. The lowest BCUT2D eigenvalue weighted by Crippen LogP contribution is -2.27. The highest BCUT2D eigenvalue weighted by Crippen LogP contribution is 2.30. The first-order chi connectivity index (χ1) is 9.02. The van der Waals surface area contributed by atoms with Crippen molar-refractivity contribution in [3.05, 3.63) is 29.6 Å². The number of benzene rings is 1. The van der Waals surface area contributed by atoms with Gasteiger partial charge >= 0.3 is 0 Å². The minimum atomic E-state index is 0.386. The lowest BCUT2D eigenvalue weighted by molar-refractivity contribution is 0.217. The normalized spacial score (nSPS) is 15.1. The first kappa shape index (κ1) is 14.0. The van der Waals surface area contributed by atoms with Crippen LogP contribution in [0.4, 0.5) is 0 Å². The molecule has 2 rings (SSSR count). The summed E-state index contributed by atoms with van der Waals surface area (Å²) in [7, 11) is 4.25. The minimum Gasteiger partial charge on any atom is -0.342 e. The van der Waals surface area contributed by atoms with Crippen LogP contribution in [0, 0.1) is 12.8 Å². The van der Waals surface area contributed by atoms with Crippen LogP contribution in [0.1, 0.15) is 30.8 Å². The monoisotopic (exact) mass is 260 g/mol. The number of aromatic amines is 1. The van der Waals surface area contributed by atoms with Gasteiger partial charge in [0.1, 0.15) is 5.82 Å². The van der Waals surface area contributed by atoms with E-state index in [9.17, 15) is 0 Å². The molecule has 0 saturated carbocycles. The molecule has 4 heteroatoms. The smallest absolute Gasteiger partial charge is 0.104 e. The molecule has 2 aromatic rings. The number of nitrogens with two attached hydrogens (primary N) is 1. The number of fused-ring (bicyclic) bond motifs is 1. The lowest BCUT2D eigenvalue weighted by Gasteiger charge is -2.30. The van der Waals surface area contributed by atoms with Gasteiger partial charge in [-0.05, 0) is 57.6 Å². The fourth-order valence-corrected chi connectivity index (χ4v) is 2.90. The summed E-state index contributed by atoms with van der Waals surface area (Å²) in [4.78, 5) is 10.0. The molecule has 0 aliphatic rings. The molecule has 0 bridgehead atoms. The Kier molecular flexibility index (Phi) is 4.22. The number of hydrogen-bond acceptors (Lipinski definition) is 3. The quantitative estimate of drug-likeness (QED) is 0.868. The third-order valence-electron chi connectivity index (χ3n) is 3.68. The SMILES string of the molecule is Cc1nc2ccc(C(C(C)CCN)N(C)C)cc2[nH]1. The highest BCUT2D eigenvalue weighted by molar-refractivity contribution is 5.76. The molecule has 0 aliphatic carbocycles. The van der Waals surface area contributed by atoms with Gasteiger partial charge in [-0.25, -0.2) is 4.98 Å². The van der Waals surface area contributed by atoms with Crippen LogP contribution in [-0.4, -0.2) is 35.5 Å². The van der Waals surface area contributed by atoms with Crippen LogP contribution in [0.5, 0.6) is 0 Å². The standard InChI is InChI=1S/C15H24N4/c1-10(7-8-16)15(19(3)4)12-5-6-13-14(9-12)18-11(2)17-13/h5-6,9-10,15H,7-8,16H2,1-4H3,(H,17,18). The molecule has 104 valence electrons. The molecular formula is C15H24N4. The molecule has 2 unspecified atom stereocenters. The lowest BCUT2D eigenvalue weighted by atomic mass is 9.91. The van der Waals surface area contributed by atoms with E-state index in [4.69, 9.17) is 5.73 Å². The molecule has 2 atom stereocenters. The summed E-state index contributed by atoms with van der Waals surface area (Å²) in [5.74, 6) is 1.49. The zero-order valence-corrected chi connectivity index (χ0v) is 12.3. The average Bonchev–Trinajstić information content (AvgIpc) is 2.68. The molecule has 3 N–H and O–H groups in total. The van der Waals surface area contributed by atoms with Crippen molar-refractivity contribution < 1.29 is 0 Å². The highest BCUT2D eigenvalue weighted by atomic mass is 15.1. The Labute approximate surface area is 115 Å². The van der Waals surface area contributed by atoms with Gasteiger partial charge in [0, 0.05) is 6.04 Å². The van der Waals surface area contributed by atoms with Gasteiger partial charge in [0.15, 0.2) is 0 Å². The van der Waals surface area contributed by atoms with Gasteiger partial charge in [-0.15, -0.1) is 0 Å². The summed E-state index contributed by atoms with van der Waals surface area (Å²) in [6, 6.07) is 6.88. The predicted octanol–water partition coefficient (Wildman–Crippen LogP) is 2.46. The Hall–Kier alpha value is -1.39. The first-order valence-corrected chi connectivity index (χ1v) is 6.85. The average molecular weight is 260 g/mol. The summed E-state index contributed by atoms with van der Waals surface area (Å²) < 4.78 is 0. The molecule has 0 saturated heterocycles. The van der Waals surface area contributed by atoms with Gasteiger partial charge in [0.2, 0.25) is 0 Å². The number of nitrogens with zero attached hydrogens (tertiary/aromatic N) is 2. The van der Waals surface area contributed by atoms with Gasteiger partial charge in [-0.1, -0.05) is 13.0 Å². The van der Waals surface area contributed by atoms with Gasteiger partial charge < -0.3 is 15.6 Å². The Balaban J connectivity index is 2.38. The van der Waals surface area contributed by atoms with E-state index in [0.29, 0.717) is 12.0 Å². The number of H-pyrrole nitrogens is 1. The van der Waals surface area contributed by atoms with E-state index in [-0.39, 0.29) is 0 Å². The zero-order valence-electron chi connectivity index (χ0n) is 12.3. The fraction of sp³-hybridized carbons (Fsp3) is 0.533. The maximum absolute atomic E-state index is 5.70. The van der Waals surface area contributed by atoms with Crippen LogP contribution in [0.2, 0.25) is 0 Å². The maximum atomic E-state index is 5.70. The summed E-state index contributed by atoms with van der Waals surface area (Å²) in [6.07, 6.45) is 1.03. The number of hydrogen-bond donors (Lipinski definition) is 2. The van der Waals surface area contributed by atoms with E-state index in [1.165, 1.54) is 5.56 Å². The molecule has 1 heterocycles. The van der Waals surface area contributed by atoms with E-state index in [0.717, 1.165) is 29.8 Å². The first-order valence-electron chi connectivity index (χ1n) is 6.85. The van der Waals surface area contributed by atoms with Crippen molar-refractivity contribution in [1.29, 1.82) is 0 Å². The van der Waals surface area contributed by atoms with Gasteiger partial charge in [0.05, 0.1) is 11.0 Å². The zero-order chi connectivity index (χ0) is 14.0. The Morgan fingerprint density at radius 1 is 1.37 bits per heavy atom. The third kappa shape index (κ3) is 2.96. The molecule has 0 aliphatic heterocycles. The summed E-state index contributed by atoms with van der Waals surface area (Å²) in [5, 5.41) is 0. The number of nitrogens with one attached hydrogen (secondary N) is 1. The van der Waals surface area contributed by atoms with Gasteiger partial charge in [-0.2, -0.15) is 0 Å². The number of aryl methyl sites for hydroxylation is 1. The van der Waals surface area contributed by atoms with E-state index in [1.807, 2.05) is 6.92 Å². The fourth-order valence-electron chi connectivity index (χ4n) is 2.90. The number of aromatic nitrogens is 2. The van der Waals surface area contributed by atoms with Gasteiger partial charge in [0.25, 0.3) is 0 Å². The van der Waals surface area contributed by atoms with Crippen LogP contribution in [-0.2, 0) is 0 Å². The van der Waals surface area contributed by atoms with Crippen molar-refractivity contribution in [2.24, 2.45) is 11.7 Å². The van der Waals surface area contributed by atoms with Crippen molar-refractivity contribution in [1.82, 2.24) is 14.9 Å². The molecule has 0 amide bonds. The van der Waals surface area contributed by atoms with Crippen molar-refractivity contribution in [3.8, 4) is 0 Å². The Morgan fingerprint density at radius 3 is 2.74 bits per heavy atom. The maximum Gasteiger partial charge on any atom is 0.104 e. The Bertz CT molecular complexity index is 544. The van der Waals surface area contributed by atoms with Crippen molar-refractivity contribution in [2.75, 3.05) is 20.6 Å². The number of imidazole rings is 1. The van der Waals surface area contributed by atoms with E-state index < -0.39 is 0 Å². The molecule has 1 aromatic heterocycles. The second kappa shape index (κ2) is 5.72. The minimum absolute atomic E-state index is 0.386. The van der Waals surface area contributed by atoms with Gasteiger partial charge in [-0.3, -0.25) is 0 Å². The van der Waals surface area contributed by atoms with E-state index in [2.05, 4.69) is 54.1 Å². The second-order valence-electron chi connectivity index (χ2n) is 5.56. The second-order valence-corrected chi connectivity index (χ2v) is 5.56. The highest BCUT2D eigenvalue weighted by Gasteiger charge is 2.21. The Morgan fingerprint density at radius 2 is 2.11 bits per heavy atom. The van der Waals surface area contributed by atoms with Crippen LogP contribution in [0.15, 0.2) is 18.2 Å². The van der Waals surface area contributed by atoms with Crippen molar-refractivity contribution in [2.45, 2.75) is 26.3 Å². The summed E-state index contributed by atoms with van der Waals surface area (Å²) in [5.41, 5.74) is 9.17. The summed E-state index contributed by atoms with van der Waals surface area (Å²) in [6.45, 7) is 4.98. The number of rotatable bonds is 5. The van der Waals surface area contributed by atoms with Crippen molar-refractivity contribution >= 4 is 11.0 Å². The predicted molar refractivity (Wildman–Crippen MR) is 80.1 cm³/mol. The van der Waals surface area contributed by atoms with Crippen LogP contribution in [0.3, 0.4) is 0 Å². The largest absolute Gasteiger partial charge is 0.342 e. The van der Waals surface area contributed by atoms with Crippen LogP contribution in [0.25, 0.3) is 11.0 Å². The van der Waals surface area contributed by atoms with Crippen LogP contribution < -0.4 is 5.73 Å². The van der Waals surface area contributed by atoms with Crippen molar-refractivity contribution in [3.63, 3.8) is 0 Å². The molecule has 4 nitrogen and oxygen atoms in total. The molecule has 0 spiro atoms. The van der Waals surface area contributed by atoms with Crippen LogP contribution >= 0.6 is 0 Å². The molecule has 19 heavy (non-hydrogen) atoms. The van der Waals surface area contributed by atoms with E-state index >= 15 is 0 Å². The molecular weight excluding hydrogens is 236 g/mol. The van der Waals surface area contributed by atoms with E-state index in [1.54, 1.807) is 0 Å². The third-order valence-corrected chi connectivity index (χ3v) is 3.68. The summed E-state index contributed by atoms with van der Waals surface area (Å²) >= 11 is 0. The topological polar surface area (TPSA) is 57.9 Å².